The Morgan fingerprint density at radius 3 is 2.62 bits per heavy atom. The van der Waals surface area contributed by atoms with Crippen molar-refractivity contribution in [1.82, 2.24) is 0 Å². The SMILES string of the molecule is [C-]#[N+]Cc1cccc2ccccc12. The maximum atomic E-state index is 6.84. The largest absolute Gasteiger partial charge is 0.312 e. The van der Waals surface area contributed by atoms with E-state index in [0.29, 0.717) is 6.54 Å². The minimum absolute atomic E-state index is 0.474. The van der Waals surface area contributed by atoms with Gasteiger partial charge in [0.05, 0.1) is 0 Å². The second-order valence-electron chi connectivity index (χ2n) is 2.95. The molecule has 0 saturated heterocycles. The standard InChI is InChI=1S/C12H9N/c1-13-9-11-7-4-6-10-5-2-3-8-12(10)11/h2-8H,9H2. The number of benzene rings is 2. The number of fused-ring (bicyclic) bond motifs is 1. The molecule has 2 aromatic carbocycles. The average molecular weight is 167 g/mol. The van der Waals surface area contributed by atoms with Gasteiger partial charge in [-0.2, -0.15) is 0 Å². The highest BCUT2D eigenvalue weighted by molar-refractivity contribution is 5.85. The summed E-state index contributed by atoms with van der Waals surface area (Å²) < 4.78 is 0. The molecule has 0 aliphatic heterocycles. The molecular weight excluding hydrogens is 158 g/mol. The Morgan fingerprint density at radius 1 is 1.00 bits per heavy atom. The maximum absolute atomic E-state index is 6.84. The molecule has 0 aromatic heterocycles. The van der Waals surface area contributed by atoms with Crippen molar-refractivity contribution in [3.63, 3.8) is 0 Å². The molecule has 13 heavy (non-hydrogen) atoms. The number of hydrogen-bond donors (Lipinski definition) is 0. The van der Waals surface area contributed by atoms with E-state index in [9.17, 15) is 0 Å². The minimum Gasteiger partial charge on any atom is -0.312 e. The van der Waals surface area contributed by atoms with Crippen LogP contribution in [0.1, 0.15) is 5.56 Å². The zero-order chi connectivity index (χ0) is 9.10. The summed E-state index contributed by atoms with van der Waals surface area (Å²) in [5.41, 5.74) is 1.12. The summed E-state index contributed by atoms with van der Waals surface area (Å²) in [5, 5.41) is 2.41. The monoisotopic (exact) mass is 167 g/mol. The van der Waals surface area contributed by atoms with E-state index >= 15 is 0 Å². The van der Waals surface area contributed by atoms with E-state index in [1.54, 1.807) is 0 Å². The van der Waals surface area contributed by atoms with Crippen molar-refractivity contribution in [2.24, 2.45) is 0 Å². The third kappa shape index (κ3) is 1.39. The molecule has 0 fully saturated rings. The smallest absolute Gasteiger partial charge is 0.240 e. The van der Waals surface area contributed by atoms with E-state index in [0.717, 1.165) is 5.56 Å². The van der Waals surface area contributed by atoms with Crippen molar-refractivity contribution >= 4 is 10.8 Å². The molecule has 0 unspecified atom stereocenters. The van der Waals surface area contributed by atoms with Crippen LogP contribution < -0.4 is 0 Å². The molecule has 0 radical (unpaired) electrons. The van der Waals surface area contributed by atoms with Gasteiger partial charge >= 0.3 is 0 Å². The van der Waals surface area contributed by atoms with E-state index in [-0.39, 0.29) is 0 Å². The molecule has 0 heterocycles. The molecule has 0 spiro atoms. The summed E-state index contributed by atoms with van der Waals surface area (Å²) >= 11 is 0. The molecule has 0 N–H and O–H groups in total. The molecule has 0 bridgehead atoms. The molecule has 0 atom stereocenters. The Balaban J connectivity index is 2.70. The fourth-order valence-electron chi connectivity index (χ4n) is 1.52. The summed E-state index contributed by atoms with van der Waals surface area (Å²) in [6, 6.07) is 14.3. The molecule has 62 valence electrons. The average Bonchev–Trinajstić information content (AvgIpc) is 2.19. The lowest BCUT2D eigenvalue weighted by Crippen LogP contribution is -1.81. The molecule has 2 aromatic rings. The molecule has 0 aliphatic carbocycles. The van der Waals surface area contributed by atoms with Gasteiger partial charge in [0.2, 0.25) is 6.54 Å². The predicted octanol–water partition coefficient (Wildman–Crippen LogP) is 3.26. The van der Waals surface area contributed by atoms with Gasteiger partial charge in [0.25, 0.3) is 0 Å². The van der Waals surface area contributed by atoms with Crippen LogP contribution in [0.15, 0.2) is 42.5 Å². The quantitative estimate of drug-likeness (QED) is 0.574. The highest BCUT2D eigenvalue weighted by atomic mass is 14.6. The van der Waals surface area contributed by atoms with Crippen molar-refractivity contribution in [1.29, 1.82) is 0 Å². The lowest BCUT2D eigenvalue weighted by Gasteiger charge is -1.99. The van der Waals surface area contributed by atoms with Crippen LogP contribution in [0.5, 0.6) is 0 Å². The van der Waals surface area contributed by atoms with Crippen molar-refractivity contribution in [3.8, 4) is 0 Å². The van der Waals surface area contributed by atoms with Crippen LogP contribution in [0, 0.1) is 6.57 Å². The molecule has 2 rings (SSSR count). The first-order chi connectivity index (χ1) is 6.42. The summed E-state index contributed by atoms with van der Waals surface area (Å²) in [6.45, 7) is 7.31. The normalized spacial score (nSPS) is 9.77. The summed E-state index contributed by atoms with van der Waals surface area (Å²) in [4.78, 5) is 3.41. The Labute approximate surface area is 77.4 Å². The number of rotatable bonds is 1. The van der Waals surface area contributed by atoms with E-state index in [1.807, 2.05) is 24.3 Å². The summed E-state index contributed by atoms with van der Waals surface area (Å²) in [6.07, 6.45) is 0. The Hall–Kier alpha value is -1.81. The van der Waals surface area contributed by atoms with Gasteiger partial charge in [-0.3, -0.25) is 0 Å². The minimum atomic E-state index is 0.474. The van der Waals surface area contributed by atoms with Crippen molar-refractivity contribution in [2.45, 2.75) is 6.54 Å². The first-order valence-corrected chi connectivity index (χ1v) is 4.21. The zero-order valence-electron chi connectivity index (χ0n) is 7.20. The molecule has 0 aliphatic rings. The first-order valence-electron chi connectivity index (χ1n) is 4.21. The molecule has 1 nitrogen and oxygen atoms in total. The van der Waals surface area contributed by atoms with Crippen LogP contribution in [0.25, 0.3) is 15.6 Å². The van der Waals surface area contributed by atoms with Gasteiger partial charge in [-0.25, -0.2) is 6.57 Å². The zero-order valence-corrected chi connectivity index (χ0v) is 7.20. The molecule has 0 saturated carbocycles. The van der Waals surface area contributed by atoms with Gasteiger partial charge < -0.3 is 4.85 Å². The Bertz CT molecular complexity index is 461. The Morgan fingerprint density at radius 2 is 1.77 bits per heavy atom. The summed E-state index contributed by atoms with van der Waals surface area (Å²) in [7, 11) is 0. The predicted molar refractivity (Wildman–Crippen MR) is 54.3 cm³/mol. The van der Waals surface area contributed by atoms with E-state index in [4.69, 9.17) is 6.57 Å². The third-order valence-electron chi connectivity index (χ3n) is 2.13. The van der Waals surface area contributed by atoms with Gasteiger partial charge in [0, 0.05) is 5.56 Å². The van der Waals surface area contributed by atoms with Crippen LogP contribution in [0.4, 0.5) is 0 Å². The van der Waals surface area contributed by atoms with Crippen molar-refractivity contribution in [3.05, 3.63) is 59.4 Å². The fourth-order valence-corrected chi connectivity index (χ4v) is 1.52. The highest BCUT2D eigenvalue weighted by Gasteiger charge is 2.00. The van der Waals surface area contributed by atoms with E-state index in [2.05, 4.69) is 23.0 Å². The fraction of sp³-hybridized carbons (Fsp3) is 0.0833. The van der Waals surface area contributed by atoms with Crippen molar-refractivity contribution in [2.75, 3.05) is 0 Å². The van der Waals surface area contributed by atoms with Gasteiger partial charge in [-0.15, -0.1) is 0 Å². The van der Waals surface area contributed by atoms with Gasteiger partial charge in [-0.1, -0.05) is 42.5 Å². The van der Waals surface area contributed by atoms with E-state index < -0.39 is 0 Å². The number of nitrogens with zero attached hydrogens (tertiary/aromatic N) is 1. The lowest BCUT2D eigenvalue weighted by atomic mass is 10.1. The van der Waals surface area contributed by atoms with Gasteiger partial charge in [-0.05, 0) is 10.8 Å². The second kappa shape index (κ2) is 3.28. The maximum Gasteiger partial charge on any atom is 0.240 e. The lowest BCUT2D eigenvalue weighted by molar-refractivity contribution is 1.30. The van der Waals surface area contributed by atoms with Crippen LogP contribution in [-0.4, -0.2) is 0 Å². The molecule has 1 heteroatoms. The van der Waals surface area contributed by atoms with Crippen LogP contribution in [0.2, 0.25) is 0 Å². The summed E-state index contributed by atoms with van der Waals surface area (Å²) in [5.74, 6) is 0. The molecule has 0 amide bonds. The Kier molecular flexibility index (Phi) is 1.97. The van der Waals surface area contributed by atoms with Crippen molar-refractivity contribution < 1.29 is 0 Å². The first kappa shape index (κ1) is 7.82. The topological polar surface area (TPSA) is 4.36 Å². The molecular formula is C12H9N. The number of hydrogen-bond acceptors (Lipinski definition) is 0. The third-order valence-corrected chi connectivity index (χ3v) is 2.13. The van der Waals surface area contributed by atoms with E-state index in [1.165, 1.54) is 10.8 Å². The second-order valence-corrected chi connectivity index (χ2v) is 2.95. The van der Waals surface area contributed by atoms with Gasteiger partial charge in [0.15, 0.2) is 0 Å². The van der Waals surface area contributed by atoms with Crippen LogP contribution in [0.3, 0.4) is 0 Å². The van der Waals surface area contributed by atoms with Crippen LogP contribution >= 0.6 is 0 Å². The van der Waals surface area contributed by atoms with Crippen LogP contribution in [-0.2, 0) is 6.54 Å². The van der Waals surface area contributed by atoms with Gasteiger partial charge in [0.1, 0.15) is 0 Å². The highest BCUT2D eigenvalue weighted by Crippen LogP contribution is 2.18.